The highest BCUT2D eigenvalue weighted by molar-refractivity contribution is 5.43. The zero-order valence-electron chi connectivity index (χ0n) is 5.41. The topological polar surface area (TPSA) is 0 Å². The Morgan fingerprint density at radius 1 is 1.62 bits per heavy atom. The number of rotatable bonds is 1. The molecule has 0 heterocycles. The van der Waals surface area contributed by atoms with Crippen molar-refractivity contribution in [3.05, 3.63) is 11.1 Å². The molecule has 2 aliphatic carbocycles. The number of allylic oxidation sites excluding steroid dienone is 2. The Hall–Kier alpha value is -0.260. The molecule has 44 valence electrons. The third kappa shape index (κ3) is 0.410. The van der Waals surface area contributed by atoms with Crippen molar-refractivity contribution in [1.82, 2.24) is 0 Å². The smallest absolute Gasteiger partial charge is 0.00127 e. The zero-order valence-corrected chi connectivity index (χ0v) is 5.41. The highest BCUT2D eigenvalue weighted by Crippen LogP contribution is 2.52. The molecule has 1 unspecified atom stereocenters. The van der Waals surface area contributed by atoms with E-state index in [0.29, 0.717) is 0 Å². The monoisotopic (exact) mass is 108 g/mol. The van der Waals surface area contributed by atoms with Gasteiger partial charge in [0.1, 0.15) is 0 Å². The zero-order chi connectivity index (χ0) is 5.56. The van der Waals surface area contributed by atoms with E-state index >= 15 is 0 Å². The van der Waals surface area contributed by atoms with Gasteiger partial charge in [0.2, 0.25) is 0 Å². The van der Waals surface area contributed by atoms with Gasteiger partial charge in [0, 0.05) is 5.92 Å². The van der Waals surface area contributed by atoms with Crippen LogP contribution in [0.25, 0.3) is 0 Å². The molecule has 0 bridgehead atoms. The predicted octanol–water partition coefficient (Wildman–Crippen LogP) is 2.51. The Balaban J connectivity index is 2.10. The van der Waals surface area contributed by atoms with Crippen molar-refractivity contribution in [2.24, 2.45) is 5.92 Å². The van der Waals surface area contributed by atoms with Crippen LogP contribution >= 0.6 is 0 Å². The van der Waals surface area contributed by atoms with Crippen LogP contribution in [0.15, 0.2) is 11.1 Å². The fourth-order valence-corrected chi connectivity index (χ4v) is 2.03. The van der Waals surface area contributed by atoms with Gasteiger partial charge in [-0.25, -0.2) is 0 Å². The Morgan fingerprint density at radius 2 is 2.50 bits per heavy atom. The third-order valence-electron chi connectivity index (χ3n) is 2.49. The molecule has 2 rings (SSSR count). The van der Waals surface area contributed by atoms with Gasteiger partial charge in [0.25, 0.3) is 0 Å². The summed E-state index contributed by atoms with van der Waals surface area (Å²) in [6, 6.07) is 0. The number of hydrogen-bond acceptors (Lipinski definition) is 0. The Bertz CT molecular complexity index is 136. The normalized spacial score (nSPS) is 33.4. The van der Waals surface area contributed by atoms with Crippen LogP contribution in [0, 0.1) is 5.92 Å². The summed E-state index contributed by atoms with van der Waals surface area (Å²) < 4.78 is 0. The molecule has 0 radical (unpaired) electrons. The second kappa shape index (κ2) is 1.37. The summed E-state index contributed by atoms with van der Waals surface area (Å²) in [6.07, 6.45) is 5.73. The molecule has 0 aromatic rings. The molecule has 0 aromatic carbocycles. The molecule has 0 aliphatic heterocycles. The molecule has 1 saturated carbocycles. The molecule has 0 aromatic heterocycles. The minimum Gasteiger partial charge on any atom is -0.0635 e. The standard InChI is InChI=1S/C8H12/c1-2-6-7-4-3-5-8(6)7/h7H,2-5H2,1H3. The molecular formula is C8H12. The molecule has 0 amide bonds. The van der Waals surface area contributed by atoms with Gasteiger partial charge in [-0.3, -0.25) is 0 Å². The molecule has 0 nitrogen and oxygen atoms in total. The molecule has 0 saturated heterocycles. The van der Waals surface area contributed by atoms with E-state index in [2.05, 4.69) is 6.92 Å². The first-order chi connectivity index (χ1) is 3.93. The fourth-order valence-electron chi connectivity index (χ4n) is 2.03. The lowest BCUT2D eigenvalue weighted by Crippen LogP contribution is -1.74. The molecular weight excluding hydrogens is 96.1 g/mol. The molecule has 1 atom stereocenters. The summed E-state index contributed by atoms with van der Waals surface area (Å²) in [7, 11) is 0. The largest absolute Gasteiger partial charge is 0.0635 e. The van der Waals surface area contributed by atoms with E-state index < -0.39 is 0 Å². The molecule has 1 fully saturated rings. The van der Waals surface area contributed by atoms with E-state index in [1.165, 1.54) is 25.7 Å². The average Bonchev–Trinajstić information content (AvgIpc) is 2.22. The van der Waals surface area contributed by atoms with Gasteiger partial charge in [-0.2, -0.15) is 0 Å². The average molecular weight is 108 g/mol. The van der Waals surface area contributed by atoms with E-state index in [-0.39, 0.29) is 0 Å². The quantitative estimate of drug-likeness (QED) is 0.453. The van der Waals surface area contributed by atoms with Gasteiger partial charge in [-0.15, -0.1) is 0 Å². The van der Waals surface area contributed by atoms with Crippen LogP contribution in [0.3, 0.4) is 0 Å². The van der Waals surface area contributed by atoms with E-state index in [4.69, 9.17) is 0 Å². The Kier molecular flexibility index (Phi) is 0.787. The van der Waals surface area contributed by atoms with Crippen LogP contribution in [0.1, 0.15) is 32.6 Å². The number of hydrogen-bond donors (Lipinski definition) is 0. The highest BCUT2D eigenvalue weighted by atomic mass is 14.4. The molecule has 0 spiro atoms. The summed E-state index contributed by atoms with van der Waals surface area (Å²) in [6.45, 7) is 2.28. The van der Waals surface area contributed by atoms with Crippen LogP contribution in [-0.4, -0.2) is 0 Å². The van der Waals surface area contributed by atoms with Gasteiger partial charge in [0.15, 0.2) is 0 Å². The first-order valence-electron chi connectivity index (χ1n) is 3.65. The van der Waals surface area contributed by atoms with E-state index in [0.717, 1.165) is 5.92 Å². The van der Waals surface area contributed by atoms with E-state index in [9.17, 15) is 0 Å². The fraction of sp³-hybridized carbons (Fsp3) is 0.750. The van der Waals surface area contributed by atoms with Gasteiger partial charge >= 0.3 is 0 Å². The van der Waals surface area contributed by atoms with Crippen LogP contribution in [-0.2, 0) is 0 Å². The Morgan fingerprint density at radius 3 is 2.88 bits per heavy atom. The predicted molar refractivity (Wildman–Crippen MR) is 34.7 cm³/mol. The van der Waals surface area contributed by atoms with Crippen molar-refractivity contribution < 1.29 is 0 Å². The van der Waals surface area contributed by atoms with Gasteiger partial charge in [0.05, 0.1) is 0 Å². The minimum atomic E-state index is 1.03. The Labute approximate surface area is 50.6 Å². The van der Waals surface area contributed by atoms with Crippen molar-refractivity contribution in [3.8, 4) is 0 Å². The summed E-state index contributed by atoms with van der Waals surface area (Å²) in [4.78, 5) is 0. The van der Waals surface area contributed by atoms with Crippen molar-refractivity contribution in [1.29, 1.82) is 0 Å². The van der Waals surface area contributed by atoms with Gasteiger partial charge in [-0.05, 0) is 25.7 Å². The lowest BCUT2D eigenvalue weighted by atomic mass is 10.2. The van der Waals surface area contributed by atoms with Gasteiger partial charge < -0.3 is 0 Å². The van der Waals surface area contributed by atoms with Crippen LogP contribution in [0.4, 0.5) is 0 Å². The van der Waals surface area contributed by atoms with Crippen LogP contribution < -0.4 is 0 Å². The molecule has 2 aliphatic rings. The van der Waals surface area contributed by atoms with Gasteiger partial charge in [-0.1, -0.05) is 18.1 Å². The summed E-state index contributed by atoms with van der Waals surface area (Å²) >= 11 is 0. The maximum absolute atomic E-state index is 2.28. The van der Waals surface area contributed by atoms with Crippen molar-refractivity contribution in [2.75, 3.05) is 0 Å². The van der Waals surface area contributed by atoms with Crippen molar-refractivity contribution >= 4 is 0 Å². The van der Waals surface area contributed by atoms with Crippen LogP contribution in [0.5, 0.6) is 0 Å². The second-order valence-electron chi connectivity index (χ2n) is 2.85. The SMILES string of the molecule is CCC1=C2CCCC12. The highest BCUT2D eigenvalue weighted by Gasteiger charge is 2.37. The number of fused-ring (bicyclic) bond motifs is 1. The molecule has 0 N–H and O–H groups in total. The van der Waals surface area contributed by atoms with E-state index in [1.54, 1.807) is 5.57 Å². The molecule has 8 heavy (non-hydrogen) atoms. The van der Waals surface area contributed by atoms with Crippen LogP contribution in [0.2, 0.25) is 0 Å². The molecule has 0 heteroatoms. The lowest BCUT2D eigenvalue weighted by molar-refractivity contribution is 0.765. The summed E-state index contributed by atoms with van der Waals surface area (Å²) in [5.41, 5.74) is 3.63. The summed E-state index contributed by atoms with van der Waals surface area (Å²) in [5.74, 6) is 1.03. The van der Waals surface area contributed by atoms with Crippen molar-refractivity contribution in [3.63, 3.8) is 0 Å². The maximum Gasteiger partial charge on any atom is 0.00127 e. The van der Waals surface area contributed by atoms with E-state index in [1.807, 2.05) is 5.57 Å². The van der Waals surface area contributed by atoms with Crippen molar-refractivity contribution in [2.45, 2.75) is 32.6 Å². The third-order valence-corrected chi connectivity index (χ3v) is 2.49. The second-order valence-corrected chi connectivity index (χ2v) is 2.85. The maximum atomic E-state index is 2.28. The first kappa shape index (κ1) is 4.60. The minimum absolute atomic E-state index is 1.03. The summed E-state index contributed by atoms with van der Waals surface area (Å²) in [5, 5.41) is 0. The lowest BCUT2D eigenvalue weighted by Gasteiger charge is -1.89. The first-order valence-corrected chi connectivity index (χ1v) is 3.65.